The summed E-state index contributed by atoms with van der Waals surface area (Å²) >= 11 is 7.32. The Kier molecular flexibility index (Phi) is 5.87. The molecular formula is C20H21ClN4OS. The Morgan fingerprint density at radius 2 is 1.74 bits per heavy atom. The van der Waals surface area contributed by atoms with Crippen molar-refractivity contribution < 1.29 is 4.79 Å². The Bertz CT molecular complexity index is 948. The highest BCUT2D eigenvalue weighted by atomic mass is 35.5. The maximum Gasteiger partial charge on any atom is 0.237 e. The molecule has 3 rings (SSSR count). The zero-order valence-corrected chi connectivity index (χ0v) is 17.2. The number of carbonyl (C=O) groups is 1. The number of carbonyl (C=O) groups excluding carboxylic acids is 1. The van der Waals surface area contributed by atoms with Crippen molar-refractivity contribution >= 4 is 35.0 Å². The molecule has 0 aliphatic carbocycles. The lowest BCUT2D eigenvalue weighted by molar-refractivity contribution is -0.115. The first kappa shape index (κ1) is 19.5. The number of hydrogen-bond acceptors (Lipinski definition) is 4. The zero-order chi connectivity index (χ0) is 19.6. The molecule has 2 aromatic carbocycles. The molecule has 0 saturated heterocycles. The first-order chi connectivity index (χ1) is 12.9. The molecule has 5 nitrogen and oxygen atoms in total. The average Bonchev–Trinajstić information content (AvgIpc) is 2.99. The molecule has 0 saturated carbocycles. The third-order valence-electron chi connectivity index (χ3n) is 4.32. The smallest absolute Gasteiger partial charge is 0.237 e. The largest absolute Gasteiger partial charge is 0.325 e. The van der Waals surface area contributed by atoms with Crippen LogP contribution in [0.3, 0.4) is 0 Å². The van der Waals surface area contributed by atoms with E-state index in [4.69, 9.17) is 11.6 Å². The minimum atomic E-state index is -0.315. The standard InChI is InChI=1S/C20H21ClN4OS/c1-12-6-5-7-13(2)17(12)22-19(26)14(3)27-20-24-23-18(25(20)4)15-8-10-16(21)11-9-15/h5-11,14H,1-4H3,(H,22,26)/t14-/m1/s1. The van der Waals surface area contributed by atoms with Gasteiger partial charge < -0.3 is 9.88 Å². The van der Waals surface area contributed by atoms with Gasteiger partial charge in [-0.1, -0.05) is 41.6 Å². The van der Waals surface area contributed by atoms with E-state index < -0.39 is 0 Å². The number of aryl methyl sites for hydroxylation is 2. The van der Waals surface area contributed by atoms with Crippen LogP contribution in [0.5, 0.6) is 0 Å². The normalized spacial score (nSPS) is 12.0. The molecular weight excluding hydrogens is 380 g/mol. The van der Waals surface area contributed by atoms with Crippen LogP contribution in [0.2, 0.25) is 5.02 Å². The fourth-order valence-electron chi connectivity index (χ4n) is 2.72. The van der Waals surface area contributed by atoms with Gasteiger partial charge in [0.1, 0.15) is 0 Å². The van der Waals surface area contributed by atoms with E-state index in [9.17, 15) is 4.79 Å². The fourth-order valence-corrected chi connectivity index (χ4v) is 3.66. The van der Waals surface area contributed by atoms with Gasteiger partial charge in [-0.05, 0) is 56.2 Å². The number of para-hydroxylation sites is 1. The first-order valence-electron chi connectivity index (χ1n) is 8.56. The number of thioether (sulfide) groups is 1. The lowest BCUT2D eigenvalue weighted by atomic mass is 10.1. The van der Waals surface area contributed by atoms with Gasteiger partial charge in [0.05, 0.1) is 5.25 Å². The Morgan fingerprint density at radius 3 is 2.37 bits per heavy atom. The molecule has 0 aliphatic heterocycles. The second-order valence-corrected chi connectivity index (χ2v) is 8.13. The van der Waals surface area contributed by atoms with Gasteiger partial charge in [0.2, 0.25) is 5.91 Å². The molecule has 0 unspecified atom stereocenters. The van der Waals surface area contributed by atoms with Crippen molar-refractivity contribution in [2.24, 2.45) is 7.05 Å². The summed E-state index contributed by atoms with van der Waals surface area (Å²) in [7, 11) is 1.89. The fraction of sp³-hybridized carbons (Fsp3) is 0.250. The first-order valence-corrected chi connectivity index (χ1v) is 9.81. The van der Waals surface area contributed by atoms with Crippen LogP contribution < -0.4 is 5.32 Å². The quantitative estimate of drug-likeness (QED) is 0.620. The number of rotatable bonds is 5. The maximum absolute atomic E-state index is 12.6. The Labute approximate surface area is 168 Å². The summed E-state index contributed by atoms with van der Waals surface area (Å²) in [6, 6.07) is 13.4. The van der Waals surface area contributed by atoms with Crippen molar-refractivity contribution in [2.75, 3.05) is 5.32 Å². The van der Waals surface area contributed by atoms with Crippen molar-refractivity contribution in [3.63, 3.8) is 0 Å². The van der Waals surface area contributed by atoms with Crippen molar-refractivity contribution in [1.29, 1.82) is 0 Å². The molecule has 0 spiro atoms. The summed E-state index contributed by atoms with van der Waals surface area (Å²) in [6.07, 6.45) is 0. The summed E-state index contributed by atoms with van der Waals surface area (Å²) in [5, 5.41) is 12.6. The summed E-state index contributed by atoms with van der Waals surface area (Å²) in [6.45, 7) is 5.84. The summed E-state index contributed by atoms with van der Waals surface area (Å²) in [5.41, 5.74) is 3.89. The van der Waals surface area contributed by atoms with Crippen molar-refractivity contribution in [2.45, 2.75) is 31.2 Å². The topological polar surface area (TPSA) is 59.8 Å². The molecule has 3 aromatic rings. The van der Waals surface area contributed by atoms with Gasteiger partial charge in [0.15, 0.2) is 11.0 Å². The molecule has 1 heterocycles. The third kappa shape index (κ3) is 4.34. The summed E-state index contributed by atoms with van der Waals surface area (Å²) < 4.78 is 1.89. The van der Waals surface area contributed by atoms with E-state index >= 15 is 0 Å². The molecule has 1 aromatic heterocycles. The highest BCUT2D eigenvalue weighted by Crippen LogP contribution is 2.28. The lowest BCUT2D eigenvalue weighted by Gasteiger charge is -2.15. The lowest BCUT2D eigenvalue weighted by Crippen LogP contribution is -2.23. The van der Waals surface area contributed by atoms with Crippen molar-refractivity contribution in [1.82, 2.24) is 14.8 Å². The number of nitrogens with zero attached hydrogens (tertiary/aromatic N) is 3. The molecule has 1 atom stereocenters. The minimum Gasteiger partial charge on any atom is -0.325 e. The molecule has 1 N–H and O–H groups in total. The van der Waals surface area contributed by atoms with E-state index in [0.717, 1.165) is 28.2 Å². The van der Waals surface area contributed by atoms with Crippen LogP contribution in [0.4, 0.5) is 5.69 Å². The predicted octanol–water partition coefficient (Wildman–Crippen LogP) is 4.87. The van der Waals surface area contributed by atoms with Gasteiger partial charge in [-0.2, -0.15) is 0 Å². The van der Waals surface area contributed by atoms with Gasteiger partial charge in [-0.3, -0.25) is 4.79 Å². The second-order valence-electron chi connectivity index (χ2n) is 6.39. The average molecular weight is 401 g/mol. The van der Waals surface area contributed by atoms with E-state index in [1.165, 1.54) is 11.8 Å². The number of amides is 1. The maximum atomic E-state index is 12.6. The molecule has 7 heteroatoms. The predicted molar refractivity (Wildman–Crippen MR) is 111 cm³/mol. The molecule has 0 aliphatic rings. The molecule has 27 heavy (non-hydrogen) atoms. The van der Waals surface area contributed by atoms with Crippen LogP contribution in [0.1, 0.15) is 18.1 Å². The number of nitrogens with one attached hydrogen (secondary N) is 1. The Morgan fingerprint density at radius 1 is 1.11 bits per heavy atom. The van der Waals surface area contributed by atoms with Crippen LogP contribution in [-0.4, -0.2) is 25.9 Å². The van der Waals surface area contributed by atoms with E-state index in [1.807, 2.05) is 74.9 Å². The minimum absolute atomic E-state index is 0.0616. The van der Waals surface area contributed by atoms with E-state index in [1.54, 1.807) is 0 Å². The van der Waals surface area contributed by atoms with Gasteiger partial charge in [-0.25, -0.2) is 0 Å². The monoisotopic (exact) mass is 400 g/mol. The highest BCUT2D eigenvalue weighted by Gasteiger charge is 2.20. The van der Waals surface area contributed by atoms with Crippen molar-refractivity contribution in [3.05, 3.63) is 58.6 Å². The van der Waals surface area contributed by atoms with E-state index in [-0.39, 0.29) is 11.2 Å². The van der Waals surface area contributed by atoms with Gasteiger partial charge in [-0.15, -0.1) is 10.2 Å². The molecule has 1 amide bonds. The number of aromatic nitrogens is 3. The molecule has 0 bridgehead atoms. The van der Waals surface area contributed by atoms with Crippen molar-refractivity contribution in [3.8, 4) is 11.4 Å². The number of benzene rings is 2. The van der Waals surface area contributed by atoms with Crippen LogP contribution in [0.15, 0.2) is 47.6 Å². The third-order valence-corrected chi connectivity index (χ3v) is 5.70. The van der Waals surface area contributed by atoms with Crippen LogP contribution in [0, 0.1) is 13.8 Å². The number of anilines is 1. The van der Waals surface area contributed by atoms with Crippen LogP contribution in [0.25, 0.3) is 11.4 Å². The van der Waals surface area contributed by atoms with E-state index in [2.05, 4.69) is 15.5 Å². The molecule has 140 valence electrons. The van der Waals surface area contributed by atoms with Gasteiger partial charge in [0, 0.05) is 23.3 Å². The highest BCUT2D eigenvalue weighted by molar-refractivity contribution is 8.00. The number of hydrogen-bond donors (Lipinski definition) is 1. The zero-order valence-electron chi connectivity index (χ0n) is 15.7. The van der Waals surface area contributed by atoms with E-state index in [0.29, 0.717) is 10.2 Å². The Hall–Kier alpha value is -2.31. The molecule has 0 fully saturated rings. The molecule has 0 radical (unpaired) electrons. The van der Waals surface area contributed by atoms with Gasteiger partial charge >= 0.3 is 0 Å². The Balaban J connectivity index is 1.73. The summed E-state index contributed by atoms with van der Waals surface area (Å²) in [4.78, 5) is 12.6. The summed E-state index contributed by atoms with van der Waals surface area (Å²) in [5.74, 6) is 0.671. The van der Waals surface area contributed by atoms with Crippen LogP contribution in [-0.2, 0) is 11.8 Å². The number of halogens is 1. The van der Waals surface area contributed by atoms with Crippen LogP contribution >= 0.6 is 23.4 Å². The SMILES string of the molecule is Cc1cccc(C)c1NC(=O)[C@@H](C)Sc1nnc(-c2ccc(Cl)cc2)n1C. The second kappa shape index (κ2) is 8.15. The van der Waals surface area contributed by atoms with Gasteiger partial charge in [0.25, 0.3) is 0 Å².